The number of para-hydroxylation sites is 2. The van der Waals surface area contributed by atoms with Crippen LogP contribution >= 0.6 is 0 Å². The first-order valence-electron chi connectivity index (χ1n) is 10.3. The Kier molecular flexibility index (Phi) is 6.08. The van der Waals surface area contributed by atoms with Crippen molar-refractivity contribution in [2.45, 2.75) is 19.8 Å². The molecule has 1 N–H and O–H groups in total. The number of rotatable bonds is 7. The molecule has 0 bridgehead atoms. The summed E-state index contributed by atoms with van der Waals surface area (Å²) < 4.78 is 7.31. The van der Waals surface area contributed by atoms with Gasteiger partial charge in [0.15, 0.2) is 11.5 Å². The van der Waals surface area contributed by atoms with Crippen molar-refractivity contribution < 1.29 is 9.53 Å². The minimum atomic E-state index is -0.103. The SMILES string of the molecule is CCOc1ccccc1NC(=O)CCc1nnc2ccc(N3CCN(C)CC3)nn12. The molecule has 3 heterocycles. The van der Waals surface area contributed by atoms with Gasteiger partial charge in [0.1, 0.15) is 11.6 Å². The molecule has 30 heavy (non-hydrogen) atoms. The van der Waals surface area contributed by atoms with E-state index in [2.05, 4.69) is 32.4 Å². The zero-order valence-corrected chi connectivity index (χ0v) is 17.4. The number of aryl methyl sites for hydroxylation is 1. The Morgan fingerprint density at radius 3 is 2.70 bits per heavy atom. The maximum absolute atomic E-state index is 12.5. The summed E-state index contributed by atoms with van der Waals surface area (Å²) in [5, 5.41) is 16.1. The van der Waals surface area contributed by atoms with Crippen molar-refractivity contribution in [3.63, 3.8) is 0 Å². The highest BCUT2D eigenvalue weighted by Gasteiger charge is 2.17. The van der Waals surface area contributed by atoms with Gasteiger partial charge in [0.25, 0.3) is 0 Å². The predicted molar refractivity (Wildman–Crippen MR) is 115 cm³/mol. The smallest absolute Gasteiger partial charge is 0.224 e. The lowest BCUT2D eigenvalue weighted by molar-refractivity contribution is -0.116. The molecule has 158 valence electrons. The number of ether oxygens (including phenoxy) is 1. The number of carbonyl (C=O) groups is 1. The summed E-state index contributed by atoms with van der Waals surface area (Å²) in [6.45, 7) is 6.36. The third-order valence-electron chi connectivity index (χ3n) is 5.18. The van der Waals surface area contributed by atoms with E-state index in [9.17, 15) is 4.79 Å². The maximum atomic E-state index is 12.5. The normalized spacial score (nSPS) is 14.8. The van der Waals surface area contributed by atoms with Crippen molar-refractivity contribution in [2.24, 2.45) is 0 Å². The Hall–Kier alpha value is -3.20. The highest BCUT2D eigenvalue weighted by Crippen LogP contribution is 2.24. The lowest BCUT2D eigenvalue weighted by Gasteiger charge is -2.33. The molecule has 9 heteroatoms. The Labute approximate surface area is 175 Å². The molecule has 1 aliphatic heterocycles. The van der Waals surface area contributed by atoms with Gasteiger partial charge in [-0.1, -0.05) is 12.1 Å². The van der Waals surface area contributed by atoms with E-state index in [1.165, 1.54) is 0 Å². The number of likely N-dealkylation sites (N-methyl/N-ethyl adjacent to an activating group) is 1. The zero-order valence-electron chi connectivity index (χ0n) is 17.4. The minimum absolute atomic E-state index is 0.103. The molecule has 1 aromatic carbocycles. The fourth-order valence-electron chi connectivity index (χ4n) is 3.47. The number of fused-ring (bicyclic) bond motifs is 1. The van der Waals surface area contributed by atoms with Crippen LogP contribution in [0.15, 0.2) is 36.4 Å². The van der Waals surface area contributed by atoms with Crippen LogP contribution in [0.25, 0.3) is 5.65 Å². The summed E-state index contributed by atoms with van der Waals surface area (Å²) in [7, 11) is 2.13. The molecule has 0 aliphatic carbocycles. The molecule has 1 aliphatic rings. The van der Waals surface area contributed by atoms with Crippen LogP contribution < -0.4 is 15.0 Å². The number of nitrogens with one attached hydrogen (secondary N) is 1. The van der Waals surface area contributed by atoms with Crippen LogP contribution in [-0.2, 0) is 11.2 Å². The van der Waals surface area contributed by atoms with Gasteiger partial charge < -0.3 is 19.9 Å². The van der Waals surface area contributed by atoms with E-state index in [4.69, 9.17) is 9.84 Å². The van der Waals surface area contributed by atoms with Crippen molar-refractivity contribution in [2.75, 3.05) is 50.1 Å². The fourth-order valence-corrected chi connectivity index (χ4v) is 3.47. The van der Waals surface area contributed by atoms with E-state index in [0.717, 1.165) is 32.0 Å². The van der Waals surface area contributed by atoms with E-state index in [1.807, 2.05) is 43.3 Å². The van der Waals surface area contributed by atoms with Gasteiger partial charge in [-0.2, -0.15) is 4.52 Å². The van der Waals surface area contributed by atoms with Crippen molar-refractivity contribution >= 4 is 23.1 Å². The number of hydrogen-bond acceptors (Lipinski definition) is 7. The molecule has 0 spiro atoms. The molecule has 4 rings (SSSR count). The molecule has 1 saturated heterocycles. The molecule has 0 saturated carbocycles. The van der Waals surface area contributed by atoms with Crippen molar-refractivity contribution in [3.05, 3.63) is 42.2 Å². The highest BCUT2D eigenvalue weighted by atomic mass is 16.5. The third-order valence-corrected chi connectivity index (χ3v) is 5.18. The molecule has 9 nitrogen and oxygen atoms in total. The van der Waals surface area contributed by atoms with Crippen molar-refractivity contribution in [3.8, 4) is 5.75 Å². The van der Waals surface area contributed by atoms with Crippen LogP contribution in [0.2, 0.25) is 0 Å². The fraction of sp³-hybridized carbons (Fsp3) is 0.429. The average Bonchev–Trinajstić information content (AvgIpc) is 3.17. The summed E-state index contributed by atoms with van der Waals surface area (Å²) in [5.74, 6) is 2.15. The second-order valence-electron chi connectivity index (χ2n) is 7.35. The van der Waals surface area contributed by atoms with E-state index in [-0.39, 0.29) is 12.3 Å². The third kappa shape index (κ3) is 4.51. The molecule has 0 atom stereocenters. The Morgan fingerprint density at radius 1 is 1.10 bits per heavy atom. The summed E-state index contributed by atoms with van der Waals surface area (Å²) in [5.41, 5.74) is 1.36. The van der Waals surface area contributed by atoms with Gasteiger partial charge in [0.05, 0.1) is 12.3 Å². The molecule has 1 fully saturated rings. The predicted octanol–water partition coefficient (Wildman–Crippen LogP) is 1.85. The van der Waals surface area contributed by atoms with Gasteiger partial charge in [0, 0.05) is 39.0 Å². The Morgan fingerprint density at radius 2 is 1.90 bits per heavy atom. The molecule has 0 radical (unpaired) electrons. The molecule has 0 unspecified atom stereocenters. The van der Waals surface area contributed by atoms with Crippen LogP contribution in [0.5, 0.6) is 5.75 Å². The van der Waals surface area contributed by atoms with Crippen LogP contribution in [0.1, 0.15) is 19.2 Å². The molecule has 3 aromatic rings. The van der Waals surface area contributed by atoms with Crippen LogP contribution in [0.4, 0.5) is 11.5 Å². The standard InChI is InChI=1S/C21H27N7O2/c1-3-30-17-7-5-4-6-16(17)22-21(29)11-10-19-24-23-18-8-9-20(25-28(18)19)27-14-12-26(2)13-15-27/h4-9H,3,10-15H2,1-2H3,(H,22,29). The van der Waals surface area contributed by atoms with E-state index in [0.29, 0.717) is 35.9 Å². The summed E-state index contributed by atoms with van der Waals surface area (Å²) >= 11 is 0. The Bertz CT molecular complexity index is 1010. The Balaban J connectivity index is 1.42. The number of nitrogens with zero attached hydrogens (tertiary/aromatic N) is 6. The van der Waals surface area contributed by atoms with Gasteiger partial charge in [0.2, 0.25) is 5.91 Å². The summed E-state index contributed by atoms with van der Waals surface area (Å²) in [6, 6.07) is 11.3. The summed E-state index contributed by atoms with van der Waals surface area (Å²) in [6.07, 6.45) is 0.727. The number of amides is 1. The van der Waals surface area contributed by atoms with E-state index in [1.54, 1.807) is 4.52 Å². The van der Waals surface area contributed by atoms with Crippen molar-refractivity contribution in [1.82, 2.24) is 24.7 Å². The second kappa shape index (κ2) is 9.08. The van der Waals surface area contributed by atoms with Crippen LogP contribution in [0, 0.1) is 0 Å². The van der Waals surface area contributed by atoms with Gasteiger partial charge >= 0.3 is 0 Å². The lowest BCUT2D eigenvalue weighted by Crippen LogP contribution is -2.45. The first-order chi connectivity index (χ1) is 14.6. The van der Waals surface area contributed by atoms with Gasteiger partial charge in [-0.05, 0) is 38.2 Å². The monoisotopic (exact) mass is 409 g/mol. The topological polar surface area (TPSA) is 87.9 Å². The molecular formula is C21H27N7O2. The zero-order chi connectivity index (χ0) is 20.9. The number of hydrogen-bond donors (Lipinski definition) is 1. The molecule has 1 amide bonds. The van der Waals surface area contributed by atoms with E-state index >= 15 is 0 Å². The molecular weight excluding hydrogens is 382 g/mol. The highest BCUT2D eigenvalue weighted by molar-refractivity contribution is 5.92. The van der Waals surface area contributed by atoms with Crippen molar-refractivity contribution in [1.29, 1.82) is 0 Å². The number of benzene rings is 1. The van der Waals surface area contributed by atoms with E-state index < -0.39 is 0 Å². The quantitative estimate of drug-likeness (QED) is 0.637. The van der Waals surface area contributed by atoms with Gasteiger partial charge in [-0.15, -0.1) is 15.3 Å². The maximum Gasteiger partial charge on any atom is 0.224 e. The van der Waals surface area contributed by atoms with Crippen LogP contribution in [-0.4, -0.2) is 70.5 Å². The van der Waals surface area contributed by atoms with Gasteiger partial charge in [-0.3, -0.25) is 4.79 Å². The van der Waals surface area contributed by atoms with Gasteiger partial charge in [-0.25, -0.2) is 0 Å². The first-order valence-corrected chi connectivity index (χ1v) is 10.3. The number of aromatic nitrogens is 4. The molecule has 2 aromatic heterocycles. The average molecular weight is 409 g/mol. The number of anilines is 2. The summed E-state index contributed by atoms with van der Waals surface area (Å²) in [4.78, 5) is 17.1. The van der Waals surface area contributed by atoms with Crippen LogP contribution in [0.3, 0.4) is 0 Å². The number of piperazine rings is 1. The lowest BCUT2D eigenvalue weighted by atomic mass is 10.2. The second-order valence-corrected chi connectivity index (χ2v) is 7.35. The number of carbonyl (C=O) groups excluding carboxylic acids is 1. The first kappa shape index (κ1) is 20.1. The largest absolute Gasteiger partial charge is 0.492 e. The minimum Gasteiger partial charge on any atom is -0.492 e.